The van der Waals surface area contributed by atoms with Crippen molar-refractivity contribution in [3.8, 4) is 5.69 Å². The van der Waals surface area contributed by atoms with Crippen molar-refractivity contribution >= 4 is 29.3 Å². The summed E-state index contributed by atoms with van der Waals surface area (Å²) in [7, 11) is 0. The standard InChI is InChI=1S/C23H28ClN5OS/c1-17-11-12-19(24)14-20(17)29-21(15-26-22(30)10-6-3-7-13-25)27-28-23(29)31-16-18-8-4-2-5-9-18/h2,4-5,8-9,11-12,14H,3,6-7,10,13,15-16,25H2,1H3,(H,26,30). The van der Waals surface area contributed by atoms with E-state index in [9.17, 15) is 4.79 Å². The molecule has 6 nitrogen and oxygen atoms in total. The van der Waals surface area contributed by atoms with Crippen LogP contribution in [-0.4, -0.2) is 27.2 Å². The number of nitrogens with one attached hydrogen (secondary N) is 1. The second-order valence-corrected chi connectivity index (χ2v) is 8.69. The van der Waals surface area contributed by atoms with Crippen LogP contribution >= 0.6 is 23.4 Å². The summed E-state index contributed by atoms with van der Waals surface area (Å²) in [5.41, 5.74) is 8.69. The second-order valence-electron chi connectivity index (χ2n) is 7.32. The maximum Gasteiger partial charge on any atom is 0.220 e. The Morgan fingerprint density at radius 2 is 1.94 bits per heavy atom. The third kappa shape index (κ3) is 6.82. The molecule has 0 spiro atoms. The highest BCUT2D eigenvalue weighted by molar-refractivity contribution is 7.98. The number of hydrogen-bond donors (Lipinski definition) is 2. The van der Waals surface area contributed by atoms with Gasteiger partial charge in [-0.15, -0.1) is 10.2 Å². The summed E-state index contributed by atoms with van der Waals surface area (Å²) in [6, 6.07) is 16.0. The van der Waals surface area contributed by atoms with Crippen LogP contribution < -0.4 is 11.1 Å². The molecule has 2 aromatic carbocycles. The van der Waals surface area contributed by atoms with Gasteiger partial charge in [0.05, 0.1) is 12.2 Å². The van der Waals surface area contributed by atoms with Gasteiger partial charge in [-0.2, -0.15) is 0 Å². The van der Waals surface area contributed by atoms with Crippen LogP contribution in [0.15, 0.2) is 53.7 Å². The lowest BCUT2D eigenvalue weighted by Gasteiger charge is -2.14. The normalized spacial score (nSPS) is 10.9. The van der Waals surface area contributed by atoms with Crippen molar-refractivity contribution < 1.29 is 4.79 Å². The van der Waals surface area contributed by atoms with Gasteiger partial charge in [0.1, 0.15) is 0 Å². The Morgan fingerprint density at radius 3 is 2.71 bits per heavy atom. The van der Waals surface area contributed by atoms with Crippen LogP contribution in [0.5, 0.6) is 0 Å². The van der Waals surface area contributed by atoms with E-state index in [1.807, 2.05) is 47.9 Å². The number of nitrogens with two attached hydrogens (primary N) is 1. The molecular formula is C23H28ClN5OS. The topological polar surface area (TPSA) is 85.8 Å². The maximum absolute atomic E-state index is 12.2. The number of rotatable bonds is 11. The van der Waals surface area contributed by atoms with Gasteiger partial charge >= 0.3 is 0 Å². The van der Waals surface area contributed by atoms with Gasteiger partial charge in [-0.1, -0.05) is 66.2 Å². The molecule has 8 heteroatoms. The largest absolute Gasteiger partial charge is 0.349 e. The van der Waals surface area contributed by atoms with Gasteiger partial charge in [0.25, 0.3) is 0 Å². The fraction of sp³-hybridized carbons (Fsp3) is 0.348. The Balaban J connectivity index is 1.77. The van der Waals surface area contributed by atoms with E-state index in [2.05, 4.69) is 27.6 Å². The van der Waals surface area contributed by atoms with Crippen molar-refractivity contribution in [3.63, 3.8) is 0 Å². The highest BCUT2D eigenvalue weighted by Gasteiger charge is 2.17. The number of halogens is 1. The van der Waals surface area contributed by atoms with Gasteiger partial charge in [-0.3, -0.25) is 9.36 Å². The van der Waals surface area contributed by atoms with Crippen molar-refractivity contribution in [3.05, 3.63) is 70.5 Å². The minimum atomic E-state index is 0.00729. The molecule has 0 unspecified atom stereocenters. The third-order valence-electron chi connectivity index (χ3n) is 4.87. The molecule has 0 fully saturated rings. The third-order valence-corrected chi connectivity index (χ3v) is 6.11. The summed E-state index contributed by atoms with van der Waals surface area (Å²) in [5, 5.41) is 13.2. The van der Waals surface area contributed by atoms with Crippen molar-refractivity contribution in [2.24, 2.45) is 5.73 Å². The van der Waals surface area contributed by atoms with E-state index in [1.165, 1.54) is 5.56 Å². The Kier molecular flexibility index (Phi) is 8.94. The zero-order valence-electron chi connectivity index (χ0n) is 17.7. The van der Waals surface area contributed by atoms with Crippen LogP contribution in [0.3, 0.4) is 0 Å². The molecule has 3 rings (SSSR count). The monoisotopic (exact) mass is 457 g/mol. The molecule has 1 aromatic heterocycles. The molecule has 164 valence electrons. The predicted octanol–water partition coefficient (Wildman–Crippen LogP) is 4.66. The number of nitrogens with zero attached hydrogens (tertiary/aromatic N) is 3. The summed E-state index contributed by atoms with van der Waals surface area (Å²) in [6.07, 6.45) is 3.22. The maximum atomic E-state index is 12.2. The number of thioether (sulfide) groups is 1. The van der Waals surface area contributed by atoms with E-state index in [4.69, 9.17) is 17.3 Å². The molecule has 0 saturated carbocycles. The minimum Gasteiger partial charge on any atom is -0.349 e. The molecule has 0 aliphatic rings. The smallest absolute Gasteiger partial charge is 0.220 e. The van der Waals surface area contributed by atoms with E-state index < -0.39 is 0 Å². The molecule has 1 heterocycles. The van der Waals surface area contributed by atoms with Crippen molar-refractivity contribution in [1.82, 2.24) is 20.1 Å². The van der Waals surface area contributed by atoms with Crippen LogP contribution in [-0.2, 0) is 17.1 Å². The van der Waals surface area contributed by atoms with Gasteiger partial charge in [-0.05, 0) is 49.6 Å². The molecule has 1 amide bonds. The zero-order valence-corrected chi connectivity index (χ0v) is 19.3. The Morgan fingerprint density at radius 1 is 1.13 bits per heavy atom. The summed E-state index contributed by atoms with van der Waals surface area (Å²) < 4.78 is 1.99. The lowest BCUT2D eigenvalue weighted by Crippen LogP contribution is -2.24. The Bertz CT molecular complexity index is 993. The predicted molar refractivity (Wildman–Crippen MR) is 126 cm³/mol. The average Bonchev–Trinajstić information content (AvgIpc) is 3.19. The van der Waals surface area contributed by atoms with E-state index >= 15 is 0 Å². The highest BCUT2D eigenvalue weighted by Crippen LogP contribution is 2.28. The molecule has 0 radical (unpaired) electrons. The number of benzene rings is 2. The molecule has 3 aromatic rings. The van der Waals surface area contributed by atoms with Gasteiger partial charge in [0, 0.05) is 17.2 Å². The summed E-state index contributed by atoms with van der Waals surface area (Å²) >= 11 is 7.89. The number of carbonyl (C=O) groups is 1. The van der Waals surface area contributed by atoms with Gasteiger partial charge in [0.15, 0.2) is 11.0 Å². The van der Waals surface area contributed by atoms with Crippen molar-refractivity contribution in [2.45, 2.75) is 50.1 Å². The van der Waals surface area contributed by atoms with Gasteiger partial charge < -0.3 is 11.1 Å². The Hall–Kier alpha value is -2.35. The molecule has 0 saturated heterocycles. The number of amides is 1. The second kappa shape index (κ2) is 11.9. The number of unbranched alkanes of at least 4 members (excludes halogenated alkanes) is 2. The number of aromatic nitrogens is 3. The van der Waals surface area contributed by atoms with Crippen LogP contribution in [0.4, 0.5) is 0 Å². The fourth-order valence-corrected chi connectivity index (χ4v) is 4.25. The molecule has 0 aliphatic carbocycles. The molecule has 31 heavy (non-hydrogen) atoms. The molecule has 0 aliphatic heterocycles. The first kappa shape index (κ1) is 23.3. The minimum absolute atomic E-state index is 0.00729. The quantitative estimate of drug-likeness (QED) is 0.323. The molecule has 0 bridgehead atoms. The Labute approximate surface area is 192 Å². The first-order valence-electron chi connectivity index (χ1n) is 10.4. The lowest BCUT2D eigenvalue weighted by molar-refractivity contribution is -0.121. The molecule has 3 N–H and O–H groups in total. The molecular weight excluding hydrogens is 430 g/mol. The van der Waals surface area contributed by atoms with Gasteiger partial charge in [-0.25, -0.2) is 0 Å². The molecule has 0 atom stereocenters. The summed E-state index contributed by atoms with van der Waals surface area (Å²) in [6.45, 7) is 2.99. The van der Waals surface area contributed by atoms with Crippen molar-refractivity contribution in [1.29, 1.82) is 0 Å². The SMILES string of the molecule is Cc1ccc(Cl)cc1-n1c(CNC(=O)CCCCCN)nnc1SCc1ccccc1. The number of aryl methyl sites for hydroxylation is 1. The highest BCUT2D eigenvalue weighted by atomic mass is 35.5. The van der Waals surface area contributed by atoms with E-state index in [0.29, 0.717) is 30.4 Å². The first-order chi connectivity index (χ1) is 15.1. The van der Waals surface area contributed by atoms with Crippen LogP contribution in [0, 0.1) is 6.92 Å². The number of hydrogen-bond acceptors (Lipinski definition) is 5. The van der Waals surface area contributed by atoms with Crippen LogP contribution in [0.25, 0.3) is 5.69 Å². The number of carbonyl (C=O) groups excluding carboxylic acids is 1. The van der Waals surface area contributed by atoms with Crippen molar-refractivity contribution in [2.75, 3.05) is 6.54 Å². The fourth-order valence-electron chi connectivity index (χ4n) is 3.17. The van der Waals surface area contributed by atoms with Gasteiger partial charge in [0.2, 0.25) is 5.91 Å². The zero-order chi connectivity index (χ0) is 22.1. The van der Waals surface area contributed by atoms with E-state index in [0.717, 1.165) is 41.4 Å². The van der Waals surface area contributed by atoms with E-state index in [-0.39, 0.29) is 5.91 Å². The first-order valence-corrected chi connectivity index (χ1v) is 11.8. The summed E-state index contributed by atoms with van der Waals surface area (Å²) in [4.78, 5) is 12.2. The van der Waals surface area contributed by atoms with Crippen LogP contribution in [0.2, 0.25) is 5.02 Å². The average molecular weight is 458 g/mol. The van der Waals surface area contributed by atoms with E-state index in [1.54, 1.807) is 11.8 Å². The van der Waals surface area contributed by atoms with Crippen LogP contribution in [0.1, 0.15) is 42.6 Å². The lowest BCUT2D eigenvalue weighted by atomic mass is 10.2. The summed E-state index contributed by atoms with van der Waals surface area (Å²) in [5.74, 6) is 1.45.